The van der Waals surface area contributed by atoms with Crippen molar-refractivity contribution in [3.63, 3.8) is 0 Å². The maximum atomic E-state index is 12.2. The number of hydrogen-bond donors (Lipinski definition) is 1. The Balaban J connectivity index is 1.56. The number of amides is 3. The zero-order valence-electron chi connectivity index (χ0n) is 15.4. The Bertz CT molecular complexity index is 744. The van der Waals surface area contributed by atoms with Crippen molar-refractivity contribution in [3.8, 4) is 0 Å². The van der Waals surface area contributed by atoms with E-state index in [1.54, 1.807) is 12.1 Å². The van der Waals surface area contributed by atoms with Gasteiger partial charge in [0, 0.05) is 18.9 Å². The first-order valence-electron chi connectivity index (χ1n) is 9.38. The number of esters is 1. The second-order valence-electron chi connectivity index (χ2n) is 7.19. The minimum Gasteiger partial charge on any atom is -0.452 e. The van der Waals surface area contributed by atoms with Gasteiger partial charge in [-0.25, -0.2) is 4.79 Å². The molecule has 0 unspecified atom stereocenters. The molecule has 1 aliphatic heterocycles. The highest BCUT2D eigenvalue weighted by Crippen LogP contribution is 2.24. The third kappa shape index (κ3) is 4.53. The summed E-state index contributed by atoms with van der Waals surface area (Å²) in [5, 5.41) is 2.93. The molecule has 7 nitrogen and oxygen atoms in total. The van der Waals surface area contributed by atoms with Crippen molar-refractivity contribution >= 4 is 29.4 Å². The molecule has 0 radical (unpaired) electrons. The number of carbonyl (C=O) groups is 4. The Kier molecular flexibility index (Phi) is 5.88. The number of ether oxygens (including phenoxy) is 1. The molecule has 144 valence electrons. The fraction of sp³-hybridized carbons (Fsp3) is 0.500. The summed E-state index contributed by atoms with van der Waals surface area (Å²) < 4.78 is 5.10. The highest BCUT2D eigenvalue weighted by Gasteiger charge is 2.30. The molecule has 1 aromatic rings. The van der Waals surface area contributed by atoms with Crippen LogP contribution in [0.3, 0.4) is 0 Å². The maximum Gasteiger partial charge on any atom is 0.338 e. The quantitative estimate of drug-likeness (QED) is 0.632. The monoisotopic (exact) mass is 372 g/mol. The lowest BCUT2D eigenvalue weighted by atomic mass is 9.86. The molecule has 1 saturated carbocycles. The van der Waals surface area contributed by atoms with E-state index in [0.717, 1.165) is 24.2 Å². The molecule has 7 heteroatoms. The van der Waals surface area contributed by atoms with Gasteiger partial charge in [0.15, 0.2) is 6.61 Å². The van der Waals surface area contributed by atoms with Crippen LogP contribution in [0.5, 0.6) is 0 Å². The van der Waals surface area contributed by atoms with Crippen LogP contribution in [0, 0.1) is 5.92 Å². The summed E-state index contributed by atoms with van der Waals surface area (Å²) in [7, 11) is 0. The topological polar surface area (TPSA) is 92.8 Å². The van der Waals surface area contributed by atoms with Gasteiger partial charge in [-0.15, -0.1) is 0 Å². The van der Waals surface area contributed by atoms with E-state index >= 15 is 0 Å². The van der Waals surface area contributed by atoms with Crippen molar-refractivity contribution in [2.45, 2.75) is 51.5 Å². The van der Waals surface area contributed by atoms with Crippen LogP contribution < -0.4 is 10.2 Å². The molecule has 0 bridgehead atoms. The van der Waals surface area contributed by atoms with Crippen LogP contribution in [-0.4, -0.2) is 36.3 Å². The molecule has 1 aromatic carbocycles. The van der Waals surface area contributed by atoms with E-state index in [9.17, 15) is 19.2 Å². The van der Waals surface area contributed by atoms with E-state index in [0.29, 0.717) is 11.6 Å². The molecular formula is C20H24N2O5. The summed E-state index contributed by atoms with van der Waals surface area (Å²) in [5.74, 6) is -1.13. The SMILES string of the molecule is C[C@H]1CCCC[C@H]1NC(=O)COC(=O)c1cccc(N2C(=O)CCC2=O)c1. The Labute approximate surface area is 158 Å². The van der Waals surface area contributed by atoms with Crippen LogP contribution in [0.15, 0.2) is 24.3 Å². The van der Waals surface area contributed by atoms with Crippen LogP contribution in [0.2, 0.25) is 0 Å². The number of benzene rings is 1. The number of anilines is 1. The second kappa shape index (κ2) is 8.33. The summed E-state index contributed by atoms with van der Waals surface area (Å²) in [6.07, 6.45) is 4.66. The Morgan fingerprint density at radius 2 is 1.85 bits per heavy atom. The van der Waals surface area contributed by atoms with Gasteiger partial charge in [-0.1, -0.05) is 25.8 Å². The summed E-state index contributed by atoms with van der Waals surface area (Å²) in [5.41, 5.74) is 0.538. The number of imide groups is 1. The fourth-order valence-corrected chi connectivity index (χ4v) is 3.63. The van der Waals surface area contributed by atoms with Crippen molar-refractivity contribution in [1.29, 1.82) is 0 Å². The number of carbonyl (C=O) groups excluding carboxylic acids is 4. The van der Waals surface area contributed by atoms with E-state index in [-0.39, 0.29) is 48.8 Å². The number of nitrogens with zero attached hydrogens (tertiary/aromatic N) is 1. The van der Waals surface area contributed by atoms with Crippen LogP contribution in [0.1, 0.15) is 55.8 Å². The van der Waals surface area contributed by atoms with Crippen LogP contribution in [0.25, 0.3) is 0 Å². The van der Waals surface area contributed by atoms with Crippen LogP contribution in [0.4, 0.5) is 5.69 Å². The average Bonchev–Trinajstić information content (AvgIpc) is 3.00. The first-order valence-corrected chi connectivity index (χ1v) is 9.38. The third-order valence-electron chi connectivity index (χ3n) is 5.18. The van der Waals surface area contributed by atoms with Gasteiger partial charge in [-0.3, -0.25) is 19.3 Å². The minimum atomic E-state index is -0.664. The van der Waals surface area contributed by atoms with Crippen molar-refractivity contribution < 1.29 is 23.9 Å². The molecule has 1 heterocycles. The zero-order chi connectivity index (χ0) is 19.4. The van der Waals surface area contributed by atoms with Gasteiger partial charge >= 0.3 is 5.97 Å². The van der Waals surface area contributed by atoms with Gasteiger partial charge in [0.2, 0.25) is 11.8 Å². The van der Waals surface area contributed by atoms with E-state index in [1.165, 1.54) is 18.6 Å². The Hall–Kier alpha value is -2.70. The molecule has 0 aromatic heterocycles. The van der Waals surface area contributed by atoms with Crippen molar-refractivity contribution in [2.24, 2.45) is 5.92 Å². The smallest absolute Gasteiger partial charge is 0.338 e. The third-order valence-corrected chi connectivity index (χ3v) is 5.18. The molecule has 27 heavy (non-hydrogen) atoms. The molecule has 3 rings (SSSR count). The molecule has 3 amide bonds. The highest BCUT2D eigenvalue weighted by molar-refractivity contribution is 6.20. The number of hydrogen-bond acceptors (Lipinski definition) is 5. The van der Waals surface area contributed by atoms with Gasteiger partial charge in [0.25, 0.3) is 5.91 Å². The highest BCUT2D eigenvalue weighted by atomic mass is 16.5. The van der Waals surface area contributed by atoms with Crippen molar-refractivity contribution in [3.05, 3.63) is 29.8 Å². The van der Waals surface area contributed by atoms with Crippen molar-refractivity contribution in [1.82, 2.24) is 5.32 Å². The van der Waals surface area contributed by atoms with Gasteiger partial charge in [0.05, 0.1) is 11.3 Å². The molecular weight excluding hydrogens is 348 g/mol. The lowest BCUT2D eigenvalue weighted by molar-refractivity contribution is -0.125. The molecule has 0 spiro atoms. The lowest BCUT2D eigenvalue weighted by Crippen LogP contribution is -2.42. The van der Waals surface area contributed by atoms with Crippen LogP contribution >= 0.6 is 0 Å². The normalized spacial score (nSPS) is 22.6. The molecule has 1 aliphatic carbocycles. The summed E-state index contributed by atoms with van der Waals surface area (Å²) in [6.45, 7) is 1.76. The van der Waals surface area contributed by atoms with Gasteiger partial charge in [-0.05, 0) is 37.0 Å². The lowest BCUT2D eigenvalue weighted by Gasteiger charge is -2.29. The number of rotatable bonds is 5. The van der Waals surface area contributed by atoms with E-state index < -0.39 is 5.97 Å². The van der Waals surface area contributed by atoms with Gasteiger partial charge in [-0.2, -0.15) is 0 Å². The van der Waals surface area contributed by atoms with Gasteiger partial charge < -0.3 is 10.1 Å². The Morgan fingerprint density at radius 1 is 1.15 bits per heavy atom. The standard InChI is InChI=1S/C20H24N2O5/c1-13-5-2-3-8-16(13)21-17(23)12-27-20(26)14-6-4-7-15(11-14)22-18(24)9-10-19(22)25/h4,6-7,11,13,16H,2-3,5,8-10,12H2,1H3,(H,21,23)/t13-,16+/m0/s1. The average molecular weight is 372 g/mol. The predicted molar refractivity (Wildman–Crippen MR) is 98.0 cm³/mol. The van der Waals surface area contributed by atoms with E-state index in [4.69, 9.17) is 4.74 Å². The molecule has 1 N–H and O–H groups in total. The maximum absolute atomic E-state index is 12.2. The summed E-state index contributed by atoms with van der Waals surface area (Å²) in [6, 6.07) is 6.26. The Morgan fingerprint density at radius 3 is 2.56 bits per heavy atom. The van der Waals surface area contributed by atoms with Crippen LogP contribution in [-0.2, 0) is 19.1 Å². The summed E-state index contributed by atoms with van der Waals surface area (Å²) >= 11 is 0. The first-order chi connectivity index (χ1) is 13.0. The summed E-state index contributed by atoms with van der Waals surface area (Å²) in [4.78, 5) is 49.1. The zero-order valence-corrected chi connectivity index (χ0v) is 15.4. The largest absolute Gasteiger partial charge is 0.452 e. The predicted octanol–water partition coefficient (Wildman–Crippen LogP) is 2.19. The number of nitrogens with one attached hydrogen (secondary N) is 1. The minimum absolute atomic E-state index is 0.125. The van der Waals surface area contributed by atoms with Crippen molar-refractivity contribution in [2.75, 3.05) is 11.5 Å². The molecule has 2 atom stereocenters. The first kappa shape index (κ1) is 19.1. The molecule has 2 fully saturated rings. The second-order valence-corrected chi connectivity index (χ2v) is 7.19. The van der Waals surface area contributed by atoms with E-state index in [1.807, 2.05) is 0 Å². The fourth-order valence-electron chi connectivity index (χ4n) is 3.63. The molecule has 1 saturated heterocycles. The molecule has 2 aliphatic rings. The van der Waals surface area contributed by atoms with E-state index in [2.05, 4.69) is 12.2 Å². The van der Waals surface area contributed by atoms with Gasteiger partial charge in [0.1, 0.15) is 0 Å².